The van der Waals surface area contributed by atoms with E-state index in [4.69, 9.17) is 5.73 Å². The van der Waals surface area contributed by atoms with Gasteiger partial charge in [0.1, 0.15) is 0 Å². The van der Waals surface area contributed by atoms with Crippen LogP contribution in [0.25, 0.3) is 0 Å². The third-order valence-electron chi connectivity index (χ3n) is 1.76. The van der Waals surface area contributed by atoms with Crippen molar-refractivity contribution in [1.29, 1.82) is 0 Å². The van der Waals surface area contributed by atoms with Crippen LogP contribution in [0.4, 0.5) is 0 Å². The first-order chi connectivity index (χ1) is 4.68. The van der Waals surface area contributed by atoms with E-state index in [2.05, 4.69) is 29.8 Å². The topological polar surface area (TPSA) is 26.0 Å². The molecule has 0 heterocycles. The van der Waals surface area contributed by atoms with E-state index in [0.717, 1.165) is 18.2 Å². The van der Waals surface area contributed by atoms with Crippen molar-refractivity contribution in [1.82, 2.24) is 0 Å². The second kappa shape index (κ2) is 5.14. The highest BCUT2D eigenvalue weighted by molar-refractivity contribution is 9.09. The molecule has 0 amide bonds. The van der Waals surface area contributed by atoms with Crippen molar-refractivity contribution in [2.75, 3.05) is 5.33 Å². The molecule has 0 aromatic carbocycles. The summed E-state index contributed by atoms with van der Waals surface area (Å²) in [6, 6.07) is 0. The fourth-order valence-electron chi connectivity index (χ4n) is 1.25. The summed E-state index contributed by atoms with van der Waals surface area (Å²) >= 11 is 3.45. The molecule has 0 unspecified atom stereocenters. The van der Waals surface area contributed by atoms with Crippen molar-refractivity contribution in [3.63, 3.8) is 0 Å². The molecule has 0 aromatic heterocycles. The van der Waals surface area contributed by atoms with E-state index in [1.54, 1.807) is 0 Å². The van der Waals surface area contributed by atoms with Crippen LogP contribution in [0.1, 0.15) is 39.5 Å². The van der Waals surface area contributed by atoms with Crippen LogP contribution in [0.3, 0.4) is 0 Å². The maximum absolute atomic E-state index is 6.07. The molecular weight excluding hydrogens is 190 g/mol. The molecule has 2 heteroatoms. The maximum Gasteiger partial charge on any atom is 0.0252 e. The molecule has 0 saturated heterocycles. The van der Waals surface area contributed by atoms with Crippen LogP contribution in [0, 0.1) is 0 Å². The molecule has 0 fully saturated rings. The summed E-state index contributed by atoms with van der Waals surface area (Å²) in [5, 5.41) is 0.932. The molecule has 2 N–H and O–H groups in total. The van der Waals surface area contributed by atoms with Gasteiger partial charge in [0.15, 0.2) is 0 Å². The number of hydrogen-bond donors (Lipinski definition) is 1. The summed E-state index contributed by atoms with van der Waals surface area (Å²) in [7, 11) is 0. The average molecular weight is 208 g/mol. The predicted octanol–water partition coefficient (Wildman–Crippen LogP) is 2.68. The molecule has 0 radical (unpaired) electrons. The van der Waals surface area contributed by atoms with Crippen LogP contribution in [-0.2, 0) is 0 Å². The van der Waals surface area contributed by atoms with Crippen LogP contribution < -0.4 is 5.73 Å². The second-order valence-corrected chi connectivity index (χ2v) is 3.56. The van der Waals surface area contributed by atoms with Gasteiger partial charge in [-0.05, 0) is 12.8 Å². The van der Waals surface area contributed by atoms with Crippen LogP contribution in [0.5, 0.6) is 0 Å². The van der Waals surface area contributed by atoms with E-state index in [9.17, 15) is 0 Å². The van der Waals surface area contributed by atoms with Crippen LogP contribution in [0.15, 0.2) is 0 Å². The van der Waals surface area contributed by atoms with Gasteiger partial charge in [-0.1, -0.05) is 42.6 Å². The number of hydrogen-bond acceptors (Lipinski definition) is 1. The first-order valence-electron chi connectivity index (χ1n) is 4.03. The Kier molecular flexibility index (Phi) is 5.36. The second-order valence-electron chi connectivity index (χ2n) is 3.00. The maximum atomic E-state index is 6.07. The Morgan fingerprint density at radius 2 is 1.60 bits per heavy atom. The van der Waals surface area contributed by atoms with Gasteiger partial charge >= 0.3 is 0 Å². The molecule has 10 heavy (non-hydrogen) atoms. The van der Waals surface area contributed by atoms with Gasteiger partial charge in [-0.2, -0.15) is 0 Å². The van der Waals surface area contributed by atoms with Crippen LogP contribution >= 0.6 is 15.9 Å². The smallest absolute Gasteiger partial charge is 0.0252 e. The van der Waals surface area contributed by atoms with Crippen molar-refractivity contribution in [3.05, 3.63) is 0 Å². The molecule has 0 rings (SSSR count). The van der Waals surface area contributed by atoms with Crippen molar-refractivity contribution in [2.45, 2.75) is 45.1 Å². The summed E-state index contributed by atoms with van der Waals surface area (Å²) in [6.45, 7) is 4.36. The monoisotopic (exact) mass is 207 g/mol. The Morgan fingerprint density at radius 1 is 1.20 bits per heavy atom. The summed E-state index contributed by atoms with van der Waals surface area (Å²) < 4.78 is 0. The van der Waals surface area contributed by atoms with E-state index in [0.29, 0.717) is 0 Å². The number of nitrogens with two attached hydrogens (primary N) is 1. The van der Waals surface area contributed by atoms with E-state index in [-0.39, 0.29) is 5.54 Å². The van der Waals surface area contributed by atoms with Gasteiger partial charge in [0.2, 0.25) is 0 Å². The Morgan fingerprint density at radius 3 is 1.80 bits per heavy atom. The van der Waals surface area contributed by atoms with Crippen molar-refractivity contribution < 1.29 is 0 Å². The largest absolute Gasteiger partial charge is 0.324 e. The highest BCUT2D eigenvalue weighted by atomic mass is 79.9. The van der Waals surface area contributed by atoms with Crippen LogP contribution in [0.2, 0.25) is 0 Å². The summed E-state index contributed by atoms with van der Waals surface area (Å²) in [6.07, 6.45) is 4.63. The fourth-order valence-corrected chi connectivity index (χ4v) is 1.82. The Labute approximate surface area is 72.5 Å². The zero-order chi connectivity index (χ0) is 8.04. The number of halogens is 1. The molecular formula is C8H18BrN. The van der Waals surface area contributed by atoms with Crippen molar-refractivity contribution in [3.8, 4) is 0 Å². The van der Waals surface area contributed by atoms with E-state index in [1.807, 2.05) is 0 Å². The molecule has 62 valence electrons. The van der Waals surface area contributed by atoms with Gasteiger partial charge in [-0.3, -0.25) is 0 Å². The number of alkyl halides is 1. The van der Waals surface area contributed by atoms with Gasteiger partial charge < -0.3 is 5.73 Å². The molecule has 0 aromatic rings. The quantitative estimate of drug-likeness (QED) is 0.690. The Hall–Kier alpha value is 0.440. The highest BCUT2D eigenvalue weighted by Crippen LogP contribution is 2.18. The first kappa shape index (κ1) is 10.4. The lowest BCUT2D eigenvalue weighted by Crippen LogP contribution is -2.41. The summed E-state index contributed by atoms with van der Waals surface area (Å²) in [4.78, 5) is 0. The van der Waals surface area contributed by atoms with Gasteiger partial charge in [0.05, 0.1) is 0 Å². The molecule has 0 aliphatic rings. The zero-order valence-electron chi connectivity index (χ0n) is 6.99. The third kappa shape index (κ3) is 3.57. The Balaban J connectivity index is 3.69. The molecule has 0 spiro atoms. The van der Waals surface area contributed by atoms with E-state index in [1.165, 1.54) is 12.8 Å². The van der Waals surface area contributed by atoms with E-state index < -0.39 is 0 Å². The van der Waals surface area contributed by atoms with Crippen LogP contribution in [-0.4, -0.2) is 10.9 Å². The van der Waals surface area contributed by atoms with Gasteiger partial charge in [-0.15, -0.1) is 0 Å². The lowest BCUT2D eigenvalue weighted by molar-refractivity contribution is 0.403. The lowest BCUT2D eigenvalue weighted by Gasteiger charge is -2.25. The molecule has 0 aliphatic heterocycles. The normalized spacial score (nSPS) is 12.0. The molecule has 1 nitrogen and oxygen atoms in total. The Bertz CT molecular complexity index is 77.3. The minimum atomic E-state index is 0.0590. The minimum Gasteiger partial charge on any atom is -0.324 e. The predicted molar refractivity (Wildman–Crippen MR) is 50.5 cm³/mol. The minimum absolute atomic E-state index is 0.0590. The van der Waals surface area contributed by atoms with Gasteiger partial charge in [0.25, 0.3) is 0 Å². The van der Waals surface area contributed by atoms with E-state index >= 15 is 0 Å². The lowest BCUT2D eigenvalue weighted by atomic mass is 9.92. The standard InChI is InChI=1S/C8H18BrN/c1-3-5-8(10,7-9)6-4-2/h3-7,10H2,1-2H3. The third-order valence-corrected chi connectivity index (χ3v) is 2.88. The van der Waals surface area contributed by atoms with Gasteiger partial charge in [-0.25, -0.2) is 0 Å². The molecule has 0 atom stereocenters. The summed E-state index contributed by atoms with van der Waals surface area (Å²) in [5.74, 6) is 0. The highest BCUT2D eigenvalue weighted by Gasteiger charge is 2.20. The fraction of sp³-hybridized carbons (Fsp3) is 1.00. The SMILES string of the molecule is CCCC(N)(CBr)CCC. The zero-order valence-corrected chi connectivity index (χ0v) is 8.58. The van der Waals surface area contributed by atoms with Gasteiger partial charge in [0, 0.05) is 10.9 Å². The first-order valence-corrected chi connectivity index (χ1v) is 5.15. The van der Waals surface area contributed by atoms with Crippen molar-refractivity contribution in [2.24, 2.45) is 5.73 Å². The molecule has 0 bridgehead atoms. The number of rotatable bonds is 5. The molecule has 0 aliphatic carbocycles. The summed E-state index contributed by atoms with van der Waals surface area (Å²) in [5.41, 5.74) is 6.13. The molecule has 0 saturated carbocycles. The van der Waals surface area contributed by atoms with Crippen molar-refractivity contribution >= 4 is 15.9 Å². The average Bonchev–Trinajstić information content (AvgIpc) is 1.89.